The molecule has 84 valence electrons. The lowest BCUT2D eigenvalue weighted by atomic mass is 9.99. The Morgan fingerprint density at radius 1 is 1.60 bits per heavy atom. The molecule has 0 saturated carbocycles. The van der Waals surface area contributed by atoms with Gasteiger partial charge >= 0.3 is 0 Å². The Bertz CT molecular complexity index is 386. The highest BCUT2D eigenvalue weighted by Crippen LogP contribution is 2.21. The highest BCUT2D eigenvalue weighted by atomic mass is 35.5. The number of rotatable bonds is 4. The maximum absolute atomic E-state index is 11.2. The van der Waals surface area contributed by atoms with Gasteiger partial charge in [-0.05, 0) is 20.3 Å². The third kappa shape index (κ3) is 3.23. The van der Waals surface area contributed by atoms with Crippen molar-refractivity contribution in [3.63, 3.8) is 0 Å². The normalized spacial score (nSPS) is 11.5. The summed E-state index contributed by atoms with van der Waals surface area (Å²) in [4.78, 5) is 17.6. The fourth-order valence-electron chi connectivity index (χ4n) is 1.48. The summed E-state index contributed by atoms with van der Waals surface area (Å²) in [6.45, 7) is 6.21. The van der Waals surface area contributed by atoms with E-state index in [2.05, 4.69) is 36.1 Å². The van der Waals surface area contributed by atoms with Crippen LogP contribution in [-0.2, 0) is 0 Å². The summed E-state index contributed by atoms with van der Waals surface area (Å²) in [6.07, 6.45) is 3.39. The second-order valence-electron chi connectivity index (χ2n) is 4.15. The average molecular weight is 230 g/mol. The van der Waals surface area contributed by atoms with Gasteiger partial charge in [0, 0.05) is 5.54 Å². The summed E-state index contributed by atoms with van der Waals surface area (Å²) < 4.78 is 0. The van der Waals surface area contributed by atoms with Crippen LogP contribution >= 0.6 is 11.6 Å². The van der Waals surface area contributed by atoms with Crippen LogP contribution in [-0.4, -0.2) is 15.5 Å². The Balaban J connectivity index is 2.90. The van der Waals surface area contributed by atoms with Crippen LogP contribution in [0.2, 0.25) is 5.02 Å². The molecule has 15 heavy (non-hydrogen) atoms. The standard InChI is InChI=1S/C10H16ClN3O/c1-4-5-10(2,3)14-8-7(11)9(15)13-6-12-8/h6H,4-5H2,1-3H3,(H2,12,13,14,15). The van der Waals surface area contributed by atoms with E-state index in [0.29, 0.717) is 5.82 Å². The van der Waals surface area contributed by atoms with E-state index in [-0.39, 0.29) is 16.1 Å². The Morgan fingerprint density at radius 3 is 2.87 bits per heavy atom. The van der Waals surface area contributed by atoms with E-state index in [9.17, 15) is 4.79 Å². The molecule has 0 radical (unpaired) electrons. The van der Waals surface area contributed by atoms with Crippen molar-refractivity contribution in [1.82, 2.24) is 9.97 Å². The third-order valence-corrected chi connectivity index (χ3v) is 2.48. The topological polar surface area (TPSA) is 57.8 Å². The summed E-state index contributed by atoms with van der Waals surface area (Å²) in [7, 11) is 0. The number of hydrogen-bond acceptors (Lipinski definition) is 3. The van der Waals surface area contributed by atoms with Gasteiger partial charge in [-0.2, -0.15) is 0 Å². The minimum absolute atomic E-state index is 0.112. The number of H-pyrrole nitrogens is 1. The molecule has 0 atom stereocenters. The van der Waals surface area contributed by atoms with Crippen molar-refractivity contribution in [3.8, 4) is 0 Å². The van der Waals surface area contributed by atoms with Crippen molar-refractivity contribution < 1.29 is 0 Å². The van der Waals surface area contributed by atoms with Gasteiger partial charge in [0.1, 0.15) is 5.02 Å². The van der Waals surface area contributed by atoms with E-state index < -0.39 is 0 Å². The first-order valence-corrected chi connectivity index (χ1v) is 5.35. The molecular weight excluding hydrogens is 214 g/mol. The molecule has 5 heteroatoms. The second kappa shape index (κ2) is 4.66. The molecule has 0 aliphatic carbocycles. The first-order valence-electron chi connectivity index (χ1n) is 4.97. The predicted molar refractivity (Wildman–Crippen MR) is 62.5 cm³/mol. The maximum atomic E-state index is 11.2. The molecule has 2 N–H and O–H groups in total. The van der Waals surface area contributed by atoms with Crippen LogP contribution in [0.4, 0.5) is 5.82 Å². The molecule has 1 aromatic rings. The first-order chi connectivity index (χ1) is 6.96. The Morgan fingerprint density at radius 2 is 2.27 bits per heavy atom. The van der Waals surface area contributed by atoms with E-state index in [4.69, 9.17) is 11.6 Å². The molecular formula is C10H16ClN3O. The third-order valence-electron chi connectivity index (χ3n) is 2.13. The molecule has 0 aliphatic rings. The zero-order valence-electron chi connectivity index (χ0n) is 9.22. The van der Waals surface area contributed by atoms with Crippen LogP contribution in [0.25, 0.3) is 0 Å². The van der Waals surface area contributed by atoms with Gasteiger partial charge in [-0.3, -0.25) is 4.79 Å². The van der Waals surface area contributed by atoms with Crippen molar-refractivity contribution in [2.45, 2.75) is 39.2 Å². The number of nitrogens with zero attached hydrogens (tertiary/aromatic N) is 1. The van der Waals surface area contributed by atoms with E-state index in [0.717, 1.165) is 12.8 Å². The highest BCUT2D eigenvalue weighted by Gasteiger charge is 2.18. The largest absolute Gasteiger partial charge is 0.364 e. The van der Waals surface area contributed by atoms with Crippen LogP contribution in [0.1, 0.15) is 33.6 Å². The molecule has 0 fully saturated rings. The summed E-state index contributed by atoms with van der Waals surface area (Å²) in [5.41, 5.74) is -0.430. The molecule has 0 spiro atoms. The van der Waals surface area contributed by atoms with Crippen molar-refractivity contribution in [2.24, 2.45) is 0 Å². The lowest BCUT2D eigenvalue weighted by Crippen LogP contribution is -2.32. The first kappa shape index (κ1) is 12.0. The molecule has 0 aromatic carbocycles. The Kier molecular flexibility index (Phi) is 3.74. The minimum atomic E-state index is -0.318. The molecule has 1 heterocycles. The highest BCUT2D eigenvalue weighted by molar-refractivity contribution is 6.32. The van der Waals surface area contributed by atoms with Crippen LogP contribution in [0.15, 0.2) is 11.1 Å². The maximum Gasteiger partial charge on any atom is 0.271 e. The summed E-state index contributed by atoms with van der Waals surface area (Å²) in [6, 6.07) is 0. The SMILES string of the molecule is CCCC(C)(C)Nc1nc[nH]c(=O)c1Cl. The molecule has 0 saturated heterocycles. The molecule has 0 aliphatic heterocycles. The lowest BCUT2D eigenvalue weighted by molar-refractivity contribution is 0.509. The number of halogens is 1. The van der Waals surface area contributed by atoms with Crippen LogP contribution in [0.3, 0.4) is 0 Å². The van der Waals surface area contributed by atoms with E-state index >= 15 is 0 Å². The summed E-state index contributed by atoms with van der Waals surface area (Å²) in [5.74, 6) is 0.443. The number of nitrogens with one attached hydrogen (secondary N) is 2. The van der Waals surface area contributed by atoms with E-state index in [1.807, 2.05) is 0 Å². The minimum Gasteiger partial charge on any atom is -0.364 e. The fraction of sp³-hybridized carbons (Fsp3) is 0.600. The molecule has 0 bridgehead atoms. The number of aromatic amines is 1. The Hall–Kier alpha value is -1.03. The Labute approximate surface area is 94.1 Å². The van der Waals surface area contributed by atoms with Crippen molar-refractivity contribution in [2.75, 3.05) is 5.32 Å². The molecule has 4 nitrogen and oxygen atoms in total. The van der Waals surface area contributed by atoms with Gasteiger partial charge in [0.2, 0.25) is 0 Å². The summed E-state index contributed by atoms with van der Waals surface area (Å²) in [5, 5.41) is 3.28. The monoisotopic (exact) mass is 229 g/mol. The number of hydrogen-bond donors (Lipinski definition) is 2. The smallest absolute Gasteiger partial charge is 0.271 e. The quantitative estimate of drug-likeness (QED) is 0.834. The van der Waals surface area contributed by atoms with Gasteiger partial charge < -0.3 is 10.3 Å². The summed E-state index contributed by atoms with van der Waals surface area (Å²) >= 11 is 5.83. The van der Waals surface area contributed by atoms with Crippen molar-refractivity contribution in [1.29, 1.82) is 0 Å². The van der Waals surface area contributed by atoms with E-state index in [1.54, 1.807) is 0 Å². The van der Waals surface area contributed by atoms with Crippen LogP contribution in [0, 0.1) is 0 Å². The van der Waals surface area contributed by atoms with Gasteiger partial charge in [-0.1, -0.05) is 24.9 Å². The molecule has 1 rings (SSSR count). The average Bonchev–Trinajstić information content (AvgIpc) is 2.12. The fourth-order valence-corrected chi connectivity index (χ4v) is 1.63. The van der Waals surface area contributed by atoms with Crippen molar-refractivity contribution >= 4 is 17.4 Å². The van der Waals surface area contributed by atoms with Crippen LogP contribution in [0.5, 0.6) is 0 Å². The van der Waals surface area contributed by atoms with Crippen LogP contribution < -0.4 is 10.9 Å². The number of aromatic nitrogens is 2. The molecule has 0 unspecified atom stereocenters. The van der Waals surface area contributed by atoms with Gasteiger partial charge in [-0.25, -0.2) is 4.98 Å². The zero-order chi connectivity index (χ0) is 11.5. The number of anilines is 1. The second-order valence-corrected chi connectivity index (χ2v) is 4.53. The van der Waals surface area contributed by atoms with Gasteiger partial charge in [0.25, 0.3) is 5.56 Å². The zero-order valence-corrected chi connectivity index (χ0v) is 9.98. The van der Waals surface area contributed by atoms with Gasteiger partial charge in [-0.15, -0.1) is 0 Å². The van der Waals surface area contributed by atoms with E-state index in [1.165, 1.54) is 6.33 Å². The van der Waals surface area contributed by atoms with Gasteiger partial charge in [0.05, 0.1) is 6.33 Å². The van der Waals surface area contributed by atoms with Gasteiger partial charge in [0.15, 0.2) is 5.82 Å². The molecule has 0 amide bonds. The predicted octanol–water partition coefficient (Wildman–Crippen LogP) is 2.41. The van der Waals surface area contributed by atoms with Crippen molar-refractivity contribution in [3.05, 3.63) is 21.7 Å². The molecule has 1 aromatic heterocycles. The lowest BCUT2D eigenvalue weighted by Gasteiger charge is -2.26.